The summed E-state index contributed by atoms with van der Waals surface area (Å²) >= 11 is 0. The van der Waals surface area contributed by atoms with Crippen molar-refractivity contribution >= 4 is 5.69 Å². The predicted molar refractivity (Wildman–Crippen MR) is 61.2 cm³/mol. The Morgan fingerprint density at radius 2 is 1.89 bits per heavy atom. The summed E-state index contributed by atoms with van der Waals surface area (Å²) in [6.07, 6.45) is -2.95. The molecule has 0 spiro atoms. The van der Waals surface area contributed by atoms with E-state index in [0.29, 0.717) is 12.2 Å². The number of hydrogen-bond acceptors (Lipinski definition) is 2. The van der Waals surface area contributed by atoms with Crippen molar-refractivity contribution < 1.29 is 17.9 Å². The molecule has 0 saturated heterocycles. The van der Waals surface area contributed by atoms with E-state index in [0.717, 1.165) is 5.69 Å². The van der Waals surface area contributed by atoms with E-state index >= 15 is 0 Å². The van der Waals surface area contributed by atoms with Crippen molar-refractivity contribution in [3.05, 3.63) is 48.3 Å². The van der Waals surface area contributed by atoms with Crippen molar-refractivity contribution in [3.63, 3.8) is 0 Å². The molecule has 0 bridgehead atoms. The van der Waals surface area contributed by atoms with Gasteiger partial charge in [0.2, 0.25) is 0 Å². The summed E-state index contributed by atoms with van der Waals surface area (Å²) in [5.74, 6) is -0.239. The number of nitrogens with one attached hydrogen (secondary N) is 2. The van der Waals surface area contributed by atoms with Crippen LogP contribution in [0.4, 0.5) is 18.9 Å². The predicted octanol–water partition coefficient (Wildman–Crippen LogP) is 3.53. The highest BCUT2D eigenvalue weighted by atomic mass is 19.4. The molecule has 0 saturated carbocycles. The summed E-state index contributed by atoms with van der Waals surface area (Å²) in [7, 11) is 0. The molecule has 2 N–H and O–H groups in total. The number of aromatic amines is 1. The quantitative estimate of drug-likeness (QED) is 0.878. The molecule has 1 aromatic heterocycles. The molecule has 2 rings (SSSR count). The molecule has 0 unspecified atom stereocenters. The van der Waals surface area contributed by atoms with E-state index in [1.165, 1.54) is 18.2 Å². The van der Waals surface area contributed by atoms with Crippen molar-refractivity contribution in [2.75, 3.05) is 5.32 Å². The molecular weight excluding hydrogens is 245 g/mol. The van der Waals surface area contributed by atoms with Gasteiger partial charge < -0.3 is 15.0 Å². The number of para-hydroxylation sites is 2. The van der Waals surface area contributed by atoms with Gasteiger partial charge in [-0.05, 0) is 24.3 Å². The van der Waals surface area contributed by atoms with Crippen LogP contribution in [0.2, 0.25) is 0 Å². The Morgan fingerprint density at radius 1 is 1.11 bits per heavy atom. The smallest absolute Gasteiger partial charge is 0.404 e. The van der Waals surface area contributed by atoms with Gasteiger partial charge in [0.05, 0.1) is 12.2 Å². The van der Waals surface area contributed by atoms with Crippen molar-refractivity contribution in [2.24, 2.45) is 0 Å². The third-order valence-electron chi connectivity index (χ3n) is 2.24. The summed E-state index contributed by atoms with van der Waals surface area (Å²) in [6.45, 7) is 0.394. The molecule has 1 aromatic carbocycles. The standard InChI is InChI=1S/C12H11F3N2O/c13-12(14,15)18-11-6-2-1-5-10(11)17-8-9-4-3-7-16-9/h1-7,16-17H,8H2. The molecule has 0 atom stereocenters. The summed E-state index contributed by atoms with van der Waals surface area (Å²) in [5, 5.41) is 2.88. The second-order valence-corrected chi connectivity index (χ2v) is 3.59. The normalized spacial score (nSPS) is 11.3. The van der Waals surface area contributed by atoms with Crippen molar-refractivity contribution in [1.29, 1.82) is 0 Å². The minimum atomic E-state index is -4.69. The van der Waals surface area contributed by atoms with Crippen molar-refractivity contribution in [2.45, 2.75) is 12.9 Å². The molecule has 18 heavy (non-hydrogen) atoms. The molecule has 0 radical (unpaired) electrons. The average Bonchev–Trinajstić information content (AvgIpc) is 2.79. The van der Waals surface area contributed by atoms with Crippen LogP contribution >= 0.6 is 0 Å². The summed E-state index contributed by atoms with van der Waals surface area (Å²) in [4.78, 5) is 2.95. The zero-order chi connectivity index (χ0) is 13.0. The highest BCUT2D eigenvalue weighted by Gasteiger charge is 2.31. The Labute approximate surface area is 102 Å². The number of hydrogen-bond donors (Lipinski definition) is 2. The van der Waals surface area contributed by atoms with Crippen molar-refractivity contribution in [3.8, 4) is 5.75 Å². The van der Waals surface area contributed by atoms with Gasteiger partial charge in [-0.2, -0.15) is 0 Å². The molecule has 0 fully saturated rings. The van der Waals surface area contributed by atoms with E-state index in [-0.39, 0.29) is 5.75 Å². The van der Waals surface area contributed by atoms with Gasteiger partial charge >= 0.3 is 6.36 Å². The number of ether oxygens (including phenoxy) is 1. The zero-order valence-electron chi connectivity index (χ0n) is 9.29. The van der Waals surface area contributed by atoms with Gasteiger partial charge in [0.25, 0.3) is 0 Å². The largest absolute Gasteiger partial charge is 0.573 e. The highest BCUT2D eigenvalue weighted by molar-refractivity contribution is 5.56. The van der Waals surface area contributed by atoms with Gasteiger partial charge in [-0.15, -0.1) is 13.2 Å². The van der Waals surface area contributed by atoms with Crippen LogP contribution in [0.1, 0.15) is 5.69 Å². The van der Waals surface area contributed by atoms with Crippen LogP contribution in [0, 0.1) is 0 Å². The Balaban J connectivity index is 2.07. The van der Waals surface area contributed by atoms with E-state index in [4.69, 9.17) is 0 Å². The fourth-order valence-electron chi connectivity index (χ4n) is 1.49. The lowest BCUT2D eigenvalue weighted by Gasteiger charge is -2.14. The number of benzene rings is 1. The molecule has 3 nitrogen and oxygen atoms in total. The van der Waals surface area contributed by atoms with Crippen LogP contribution < -0.4 is 10.1 Å². The first kappa shape index (κ1) is 12.3. The zero-order valence-corrected chi connectivity index (χ0v) is 9.29. The van der Waals surface area contributed by atoms with E-state index in [2.05, 4.69) is 15.0 Å². The average molecular weight is 256 g/mol. The number of halogens is 3. The number of alkyl halides is 3. The summed E-state index contributed by atoms with van der Waals surface area (Å²) < 4.78 is 40.5. The Kier molecular flexibility index (Phi) is 3.45. The molecule has 6 heteroatoms. The Hall–Kier alpha value is -2.11. The first-order chi connectivity index (χ1) is 8.54. The number of anilines is 1. The maximum atomic E-state index is 12.2. The van der Waals surface area contributed by atoms with Gasteiger partial charge in [-0.1, -0.05) is 12.1 Å². The number of H-pyrrole nitrogens is 1. The van der Waals surface area contributed by atoms with E-state index < -0.39 is 6.36 Å². The van der Waals surface area contributed by atoms with Crippen LogP contribution in [0.3, 0.4) is 0 Å². The van der Waals surface area contributed by atoms with Crippen LogP contribution in [-0.2, 0) is 6.54 Å². The van der Waals surface area contributed by atoms with Crippen molar-refractivity contribution in [1.82, 2.24) is 4.98 Å². The molecule has 0 aliphatic carbocycles. The Morgan fingerprint density at radius 3 is 2.56 bits per heavy atom. The molecule has 0 amide bonds. The maximum Gasteiger partial charge on any atom is 0.573 e. The van der Waals surface area contributed by atoms with Gasteiger partial charge in [0, 0.05) is 11.9 Å². The van der Waals surface area contributed by atoms with Gasteiger partial charge in [-0.3, -0.25) is 0 Å². The fourth-order valence-corrected chi connectivity index (χ4v) is 1.49. The first-order valence-electron chi connectivity index (χ1n) is 5.25. The highest BCUT2D eigenvalue weighted by Crippen LogP contribution is 2.30. The molecular formula is C12H11F3N2O. The first-order valence-corrected chi connectivity index (χ1v) is 5.25. The van der Waals surface area contributed by atoms with Crippen LogP contribution in [-0.4, -0.2) is 11.3 Å². The second kappa shape index (κ2) is 5.03. The van der Waals surface area contributed by atoms with Gasteiger partial charge in [0.1, 0.15) is 0 Å². The number of aromatic nitrogens is 1. The Bertz CT molecular complexity index is 494. The molecule has 96 valence electrons. The minimum absolute atomic E-state index is 0.239. The second-order valence-electron chi connectivity index (χ2n) is 3.59. The third kappa shape index (κ3) is 3.44. The van der Waals surface area contributed by atoms with E-state index in [1.54, 1.807) is 12.3 Å². The van der Waals surface area contributed by atoms with Crippen LogP contribution in [0.5, 0.6) is 5.75 Å². The lowest BCUT2D eigenvalue weighted by atomic mass is 10.3. The van der Waals surface area contributed by atoms with Crippen LogP contribution in [0.25, 0.3) is 0 Å². The fraction of sp³-hybridized carbons (Fsp3) is 0.167. The maximum absolute atomic E-state index is 12.2. The summed E-state index contributed by atoms with van der Waals surface area (Å²) in [6, 6.07) is 9.57. The summed E-state index contributed by atoms with van der Waals surface area (Å²) in [5.41, 5.74) is 1.17. The van der Waals surface area contributed by atoms with Crippen LogP contribution in [0.15, 0.2) is 42.6 Å². The van der Waals surface area contributed by atoms with Gasteiger partial charge in [-0.25, -0.2) is 0 Å². The van der Waals surface area contributed by atoms with E-state index in [9.17, 15) is 13.2 Å². The monoisotopic (exact) mass is 256 g/mol. The lowest BCUT2D eigenvalue weighted by molar-refractivity contribution is -0.274. The number of rotatable bonds is 4. The molecule has 0 aliphatic rings. The topological polar surface area (TPSA) is 37.0 Å². The van der Waals surface area contributed by atoms with Gasteiger partial charge in [0.15, 0.2) is 5.75 Å². The van der Waals surface area contributed by atoms with E-state index in [1.807, 2.05) is 12.1 Å². The third-order valence-corrected chi connectivity index (χ3v) is 2.24. The molecule has 0 aliphatic heterocycles. The SMILES string of the molecule is FC(F)(F)Oc1ccccc1NCc1ccc[nH]1. The minimum Gasteiger partial charge on any atom is -0.404 e. The molecule has 2 aromatic rings. The molecule has 1 heterocycles. The lowest BCUT2D eigenvalue weighted by Crippen LogP contribution is -2.18.